The van der Waals surface area contributed by atoms with Crippen LogP contribution < -0.4 is 5.73 Å². The molecule has 2 N–H and O–H groups in total. The molecule has 0 unspecified atom stereocenters. The first-order valence-corrected chi connectivity index (χ1v) is 5.89. The molecule has 0 saturated carbocycles. The second kappa shape index (κ2) is 4.47. The van der Waals surface area contributed by atoms with Gasteiger partial charge in [0.05, 0.1) is 12.9 Å². The summed E-state index contributed by atoms with van der Waals surface area (Å²) >= 11 is 5.78. The van der Waals surface area contributed by atoms with Gasteiger partial charge in [-0.25, -0.2) is 9.37 Å². The fourth-order valence-corrected chi connectivity index (χ4v) is 2.01. The normalized spacial score (nSPS) is 11.1. The van der Waals surface area contributed by atoms with Gasteiger partial charge in [0.2, 0.25) is 5.28 Å². The smallest absolute Gasteiger partial charge is 0.226 e. The quantitative estimate of drug-likeness (QED) is 0.730. The number of fused-ring (bicyclic) bond motifs is 1. The second-order valence-electron chi connectivity index (χ2n) is 4.05. The van der Waals surface area contributed by atoms with Crippen LogP contribution in [-0.2, 0) is 6.54 Å². The maximum Gasteiger partial charge on any atom is 0.226 e. The first-order valence-electron chi connectivity index (χ1n) is 5.52. The van der Waals surface area contributed by atoms with Crippen LogP contribution in [0.15, 0.2) is 30.6 Å². The van der Waals surface area contributed by atoms with Crippen molar-refractivity contribution in [3.05, 3.63) is 47.3 Å². The lowest BCUT2D eigenvalue weighted by molar-refractivity contribution is 0.626. The van der Waals surface area contributed by atoms with Crippen molar-refractivity contribution in [1.29, 1.82) is 0 Å². The molecule has 0 fully saturated rings. The van der Waals surface area contributed by atoms with Gasteiger partial charge >= 0.3 is 0 Å². The lowest BCUT2D eigenvalue weighted by Crippen LogP contribution is -2.01. The largest absolute Gasteiger partial charge is 0.382 e. The molecule has 0 aliphatic carbocycles. The molecular formula is C12H9ClFN5. The summed E-state index contributed by atoms with van der Waals surface area (Å²) in [5, 5.41) is 0.0749. The average molecular weight is 278 g/mol. The second-order valence-corrected chi connectivity index (χ2v) is 4.39. The molecule has 2 heterocycles. The van der Waals surface area contributed by atoms with Crippen molar-refractivity contribution < 1.29 is 4.39 Å². The molecule has 2 aromatic heterocycles. The molecule has 3 rings (SSSR count). The van der Waals surface area contributed by atoms with Crippen LogP contribution >= 0.6 is 11.6 Å². The van der Waals surface area contributed by atoms with E-state index in [-0.39, 0.29) is 16.9 Å². The Morgan fingerprint density at radius 2 is 1.95 bits per heavy atom. The first-order chi connectivity index (χ1) is 9.13. The Balaban J connectivity index is 2.03. The van der Waals surface area contributed by atoms with E-state index in [4.69, 9.17) is 17.3 Å². The fourth-order valence-electron chi connectivity index (χ4n) is 1.84. The van der Waals surface area contributed by atoms with E-state index in [1.165, 1.54) is 12.1 Å². The highest BCUT2D eigenvalue weighted by Crippen LogP contribution is 2.19. The molecule has 1 aromatic carbocycles. The van der Waals surface area contributed by atoms with E-state index >= 15 is 0 Å². The molecule has 0 atom stereocenters. The highest BCUT2D eigenvalue weighted by Gasteiger charge is 2.10. The topological polar surface area (TPSA) is 69.6 Å². The third-order valence-electron chi connectivity index (χ3n) is 2.73. The van der Waals surface area contributed by atoms with Crippen LogP contribution in [0.3, 0.4) is 0 Å². The van der Waals surface area contributed by atoms with Gasteiger partial charge in [0.1, 0.15) is 11.3 Å². The Labute approximate surface area is 112 Å². The molecular weight excluding hydrogens is 269 g/mol. The number of hydrogen-bond acceptors (Lipinski definition) is 4. The Kier molecular flexibility index (Phi) is 2.79. The van der Waals surface area contributed by atoms with Gasteiger partial charge in [-0.2, -0.15) is 9.97 Å². The number of hydrogen-bond donors (Lipinski definition) is 1. The first kappa shape index (κ1) is 11.9. The van der Waals surface area contributed by atoms with Gasteiger partial charge in [-0.3, -0.25) is 0 Å². The van der Waals surface area contributed by atoms with Crippen molar-refractivity contribution in [3.63, 3.8) is 0 Å². The summed E-state index contributed by atoms with van der Waals surface area (Å²) in [6.45, 7) is 0.504. The highest BCUT2D eigenvalue weighted by atomic mass is 35.5. The number of anilines is 1. The zero-order valence-electron chi connectivity index (χ0n) is 9.72. The summed E-state index contributed by atoms with van der Waals surface area (Å²) in [7, 11) is 0. The molecule has 3 aromatic rings. The van der Waals surface area contributed by atoms with Crippen LogP contribution in [-0.4, -0.2) is 19.5 Å². The predicted octanol–water partition coefficient (Wildman–Crippen LogP) is 2.25. The molecule has 0 amide bonds. The number of nitrogens with two attached hydrogens (primary N) is 1. The van der Waals surface area contributed by atoms with Crippen LogP contribution in [0.1, 0.15) is 5.56 Å². The van der Waals surface area contributed by atoms with Gasteiger partial charge in [0.25, 0.3) is 0 Å². The van der Waals surface area contributed by atoms with Crippen molar-refractivity contribution in [1.82, 2.24) is 19.5 Å². The number of rotatable bonds is 2. The molecule has 7 heteroatoms. The number of nitrogens with zero attached hydrogens (tertiary/aromatic N) is 4. The van der Waals surface area contributed by atoms with Crippen LogP contribution in [0.25, 0.3) is 11.2 Å². The average Bonchev–Trinajstić information content (AvgIpc) is 2.76. The Morgan fingerprint density at radius 1 is 1.21 bits per heavy atom. The number of halogens is 2. The van der Waals surface area contributed by atoms with Gasteiger partial charge in [0, 0.05) is 0 Å². The van der Waals surface area contributed by atoms with Crippen molar-refractivity contribution in [2.24, 2.45) is 0 Å². The van der Waals surface area contributed by atoms with Gasteiger partial charge in [0.15, 0.2) is 11.5 Å². The lowest BCUT2D eigenvalue weighted by Gasteiger charge is -2.04. The maximum absolute atomic E-state index is 12.9. The Hall–Kier alpha value is -2.21. The van der Waals surface area contributed by atoms with Gasteiger partial charge in [-0.1, -0.05) is 12.1 Å². The predicted molar refractivity (Wildman–Crippen MR) is 70.2 cm³/mol. The van der Waals surface area contributed by atoms with Crippen molar-refractivity contribution in [3.8, 4) is 0 Å². The Bertz CT molecular complexity index is 738. The van der Waals surface area contributed by atoms with Gasteiger partial charge in [-0.05, 0) is 29.3 Å². The monoisotopic (exact) mass is 277 g/mol. The molecule has 0 radical (unpaired) electrons. The maximum atomic E-state index is 12.9. The van der Waals surface area contributed by atoms with Crippen molar-refractivity contribution in [2.45, 2.75) is 6.54 Å². The number of aromatic nitrogens is 4. The minimum Gasteiger partial charge on any atom is -0.382 e. The summed E-state index contributed by atoms with van der Waals surface area (Å²) in [4.78, 5) is 12.1. The van der Waals surface area contributed by atoms with Crippen LogP contribution in [0, 0.1) is 5.82 Å². The van der Waals surface area contributed by atoms with Crippen molar-refractivity contribution >= 4 is 28.6 Å². The number of benzene rings is 1. The summed E-state index contributed by atoms with van der Waals surface area (Å²) in [6, 6.07) is 6.22. The lowest BCUT2D eigenvalue weighted by atomic mass is 10.2. The third-order valence-corrected chi connectivity index (χ3v) is 2.90. The van der Waals surface area contributed by atoms with E-state index < -0.39 is 0 Å². The minimum atomic E-state index is -0.270. The molecule has 0 saturated heterocycles. The molecule has 0 aliphatic heterocycles. The highest BCUT2D eigenvalue weighted by molar-refractivity contribution is 6.28. The van der Waals surface area contributed by atoms with Crippen LogP contribution in [0.4, 0.5) is 10.2 Å². The van der Waals surface area contributed by atoms with E-state index in [1.807, 2.05) is 0 Å². The van der Waals surface area contributed by atoms with E-state index in [0.717, 1.165) is 5.56 Å². The van der Waals surface area contributed by atoms with Crippen LogP contribution in [0.2, 0.25) is 5.28 Å². The summed E-state index contributed by atoms with van der Waals surface area (Å²) < 4.78 is 14.6. The molecule has 0 aliphatic rings. The van der Waals surface area contributed by atoms with Crippen molar-refractivity contribution in [2.75, 3.05) is 5.73 Å². The summed E-state index contributed by atoms with van der Waals surface area (Å²) in [5.41, 5.74) is 7.71. The standard InChI is InChI=1S/C12H9ClFN5/c13-12-17-10(15)9-11(18-12)19(6-16-9)5-7-1-3-8(14)4-2-7/h1-4,6H,5H2,(H2,15,17,18). The van der Waals surface area contributed by atoms with E-state index in [0.29, 0.717) is 17.7 Å². The zero-order chi connectivity index (χ0) is 13.4. The Morgan fingerprint density at radius 3 is 2.68 bits per heavy atom. The fraction of sp³-hybridized carbons (Fsp3) is 0.0833. The summed E-state index contributed by atoms with van der Waals surface area (Å²) in [5.74, 6) is -0.0262. The number of imidazole rings is 1. The summed E-state index contributed by atoms with van der Waals surface area (Å²) in [6.07, 6.45) is 1.61. The SMILES string of the molecule is Nc1nc(Cl)nc2c1ncn2Cc1ccc(F)cc1. The molecule has 96 valence electrons. The van der Waals surface area contributed by atoms with Crippen LogP contribution in [0.5, 0.6) is 0 Å². The third kappa shape index (κ3) is 2.22. The number of nitrogen functional groups attached to an aromatic ring is 1. The van der Waals surface area contributed by atoms with Gasteiger partial charge < -0.3 is 10.3 Å². The van der Waals surface area contributed by atoms with Gasteiger partial charge in [-0.15, -0.1) is 0 Å². The molecule has 5 nitrogen and oxygen atoms in total. The van der Waals surface area contributed by atoms with E-state index in [9.17, 15) is 4.39 Å². The molecule has 0 spiro atoms. The molecule has 19 heavy (non-hydrogen) atoms. The zero-order valence-corrected chi connectivity index (χ0v) is 10.5. The minimum absolute atomic E-state index is 0.0749. The molecule has 0 bridgehead atoms. The van der Waals surface area contributed by atoms with E-state index in [1.54, 1.807) is 23.0 Å². The van der Waals surface area contributed by atoms with E-state index in [2.05, 4.69) is 15.0 Å².